The molecule has 2 aromatic carbocycles. The van der Waals surface area contributed by atoms with Gasteiger partial charge in [-0.1, -0.05) is 64.5 Å². The summed E-state index contributed by atoms with van der Waals surface area (Å²) >= 11 is 3.47. The second-order valence-corrected chi connectivity index (χ2v) is 5.61. The van der Waals surface area contributed by atoms with Gasteiger partial charge < -0.3 is 4.90 Å². The standard InChI is InChI=1S/C17H15BrN2O/c1-20(12-14-9-5-6-10-16(14)18)17(21)15(11-19)13-7-3-2-4-8-13/h2-10,15H,12H2,1H3. The lowest BCUT2D eigenvalue weighted by molar-refractivity contribution is -0.130. The molecular weight excluding hydrogens is 328 g/mol. The molecule has 1 unspecified atom stereocenters. The molecule has 2 aromatic rings. The first-order valence-corrected chi connectivity index (χ1v) is 7.35. The Hall–Kier alpha value is -2.12. The van der Waals surface area contributed by atoms with E-state index in [1.165, 1.54) is 0 Å². The van der Waals surface area contributed by atoms with Gasteiger partial charge in [0.05, 0.1) is 6.07 Å². The third-order valence-corrected chi connectivity index (χ3v) is 4.02. The van der Waals surface area contributed by atoms with Crippen molar-refractivity contribution in [3.8, 4) is 6.07 Å². The minimum absolute atomic E-state index is 0.195. The van der Waals surface area contributed by atoms with Crippen LogP contribution in [0.5, 0.6) is 0 Å². The molecule has 0 aliphatic heterocycles. The molecule has 1 amide bonds. The van der Waals surface area contributed by atoms with Gasteiger partial charge in [-0.2, -0.15) is 5.26 Å². The van der Waals surface area contributed by atoms with E-state index in [2.05, 4.69) is 22.0 Å². The first kappa shape index (κ1) is 15.3. The first-order valence-electron chi connectivity index (χ1n) is 6.56. The zero-order chi connectivity index (χ0) is 15.2. The van der Waals surface area contributed by atoms with Gasteiger partial charge in [0.25, 0.3) is 0 Å². The second kappa shape index (κ2) is 7.05. The number of benzene rings is 2. The third kappa shape index (κ3) is 3.71. The van der Waals surface area contributed by atoms with Crippen molar-refractivity contribution in [3.63, 3.8) is 0 Å². The SMILES string of the molecule is CN(Cc1ccccc1Br)C(=O)C(C#N)c1ccccc1. The monoisotopic (exact) mass is 342 g/mol. The summed E-state index contributed by atoms with van der Waals surface area (Å²) in [5.74, 6) is -0.960. The van der Waals surface area contributed by atoms with Gasteiger partial charge in [0.2, 0.25) is 5.91 Å². The maximum Gasteiger partial charge on any atom is 0.244 e. The predicted molar refractivity (Wildman–Crippen MR) is 85.4 cm³/mol. The minimum atomic E-state index is -0.765. The normalized spacial score (nSPS) is 11.5. The van der Waals surface area contributed by atoms with Crippen molar-refractivity contribution in [2.24, 2.45) is 0 Å². The number of nitrogens with zero attached hydrogens (tertiary/aromatic N) is 2. The smallest absolute Gasteiger partial charge is 0.244 e. The molecule has 106 valence electrons. The molecule has 0 heterocycles. The molecule has 21 heavy (non-hydrogen) atoms. The number of hydrogen-bond acceptors (Lipinski definition) is 2. The van der Waals surface area contributed by atoms with Crippen LogP contribution in [0.15, 0.2) is 59.1 Å². The number of hydrogen-bond donors (Lipinski definition) is 0. The summed E-state index contributed by atoms with van der Waals surface area (Å²) in [6.07, 6.45) is 0. The van der Waals surface area contributed by atoms with Crippen molar-refractivity contribution in [1.82, 2.24) is 4.90 Å². The number of halogens is 1. The molecule has 0 saturated carbocycles. The van der Waals surface area contributed by atoms with Crippen molar-refractivity contribution >= 4 is 21.8 Å². The largest absolute Gasteiger partial charge is 0.340 e. The van der Waals surface area contributed by atoms with E-state index in [1.807, 2.05) is 42.5 Å². The lowest BCUT2D eigenvalue weighted by Crippen LogP contribution is -2.30. The predicted octanol–water partition coefficient (Wildman–Crippen LogP) is 3.71. The van der Waals surface area contributed by atoms with E-state index in [4.69, 9.17) is 0 Å². The Labute approximate surface area is 132 Å². The summed E-state index contributed by atoms with van der Waals surface area (Å²) in [5.41, 5.74) is 1.74. The van der Waals surface area contributed by atoms with Crippen LogP contribution in [-0.2, 0) is 11.3 Å². The topological polar surface area (TPSA) is 44.1 Å². The van der Waals surface area contributed by atoms with Crippen LogP contribution in [0.1, 0.15) is 17.0 Å². The fourth-order valence-electron chi connectivity index (χ4n) is 2.10. The molecule has 0 aromatic heterocycles. The van der Waals surface area contributed by atoms with Gasteiger partial charge in [0.1, 0.15) is 5.92 Å². The van der Waals surface area contributed by atoms with E-state index >= 15 is 0 Å². The van der Waals surface area contributed by atoms with Gasteiger partial charge >= 0.3 is 0 Å². The van der Waals surface area contributed by atoms with Crippen LogP contribution >= 0.6 is 15.9 Å². The molecule has 0 bridgehead atoms. The van der Waals surface area contributed by atoms with Gasteiger partial charge in [0, 0.05) is 18.1 Å². The molecule has 0 spiro atoms. The van der Waals surface area contributed by atoms with Crippen molar-refractivity contribution in [2.75, 3.05) is 7.05 Å². The highest BCUT2D eigenvalue weighted by atomic mass is 79.9. The maximum atomic E-state index is 12.5. The molecule has 0 fully saturated rings. The Balaban J connectivity index is 2.15. The highest BCUT2D eigenvalue weighted by Crippen LogP contribution is 2.21. The lowest BCUT2D eigenvalue weighted by atomic mass is 9.99. The van der Waals surface area contributed by atoms with Gasteiger partial charge in [-0.25, -0.2) is 0 Å². The van der Waals surface area contributed by atoms with Crippen LogP contribution in [0.2, 0.25) is 0 Å². The number of nitriles is 1. The highest BCUT2D eigenvalue weighted by molar-refractivity contribution is 9.10. The van der Waals surface area contributed by atoms with Crippen LogP contribution in [0, 0.1) is 11.3 Å². The van der Waals surface area contributed by atoms with Gasteiger partial charge in [-0.05, 0) is 17.2 Å². The first-order chi connectivity index (χ1) is 10.1. The van der Waals surface area contributed by atoms with Crippen LogP contribution in [0.4, 0.5) is 0 Å². The van der Waals surface area contributed by atoms with E-state index in [0.717, 1.165) is 15.6 Å². The van der Waals surface area contributed by atoms with Gasteiger partial charge in [0.15, 0.2) is 0 Å². The summed E-state index contributed by atoms with van der Waals surface area (Å²) in [6, 6.07) is 19.0. The van der Waals surface area contributed by atoms with E-state index in [9.17, 15) is 10.1 Å². The Bertz CT molecular complexity index is 664. The number of rotatable bonds is 4. The summed E-state index contributed by atoms with van der Waals surface area (Å²) < 4.78 is 0.956. The Morgan fingerprint density at radius 3 is 2.43 bits per heavy atom. The van der Waals surface area contributed by atoms with E-state index < -0.39 is 5.92 Å². The number of carbonyl (C=O) groups is 1. The van der Waals surface area contributed by atoms with Gasteiger partial charge in [-0.15, -0.1) is 0 Å². The Morgan fingerprint density at radius 2 is 1.81 bits per heavy atom. The summed E-state index contributed by atoms with van der Waals surface area (Å²) in [4.78, 5) is 14.1. The molecule has 1 atom stereocenters. The second-order valence-electron chi connectivity index (χ2n) is 4.76. The number of amides is 1. The van der Waals surface area contributed by atoms with Crippen LogP contribution in [0.25, 0.3) is 0 Å². The Morgan fingerprint density at radius 1 is 1.19 bits per heavy atom. The van der Waals surface area contributed by atoms with Crippen LogP contribution in [0.3, 0.4) is 0 Å². The fourth-order valence-corrected chi connectivity index (χ4v) is 2.51. The minimum Gasteiger partial charge on any atom is -0.340 e. The van der Waals surface area contributed by atoms with Crippen molar-refractivity contribution in [3.05, 3.63) is 70.2 Å². The van der Waals surface area contributed by atoms with Crippen LogP contribution in [-0.4, -0.2) is 17.9 Å². The molecule has 4 heteroatoms. The van der Waals surface area contributed by atoms with E-state index in [0.29, 0.717) is 6.54 Å². The molecule has 0 radical (unpaired) electrons. The van der Waals surface area contributed by atoms with E-state index in [-0.39, 0.29) is 5.91 Å². The van der Waals surface area contributed by atoms with Crippen LogP contribution < -0.4 is 0 Å². The van der Waals surface area contributed by atoms with E-state index in [1.54, 1.807) is 24.1 Å². The van der Waals surface area contributed by atoms with Gasteiger partial charge in [-0.3, -0.25) is 4.79 Å². The zero-order valence-corrected chi connectivity index (χ0v) is 13.2. The molecular formula is C17H15BrN2O. The third-order valence-electron chi connectivity index (χ3n) is 3.25. The number of likely N-dealkylation sites (N-methyl/N-ethyl adjacent to an activating group) is 1. The summed E-state index contributed by atoms with van der Waals surface area (Å²) in [6.45, 7) is 0.464. The van der Waals surface area contributed by atoms with Crippen molar-refractivity contribution in [1.29, 1.82) is 5.26 Å². The Kier molecular flexibility index (Phi) is 5.13. The molecule has 0 saturated heterocycles. The average molecular weight is 343 g/mol. The number of carbonyl (C=O) groups excluding carboxylic acids is 1. The summed E-state index contributed by atoms with van der Waals surface area (Å²) in [5, 5.41) is 9.31. The molecule has 0 aliphatic rings. The van der Waals surface area contributed by atoms with Crippen molar-refractivity contribution in [2.45, 2.75) is 12.5 Å². The summed E-state index contributed by atoms with van der Waals surface area (Å²) in [7, 11) is 1.72. The maximum absolute atomic E-state index is 12.5. The fraction of sp³-hybridized carbons (Fsp3) is 0.176. The average Bonchev–Trinajstić information content (AvgIpc) is 2.51. The molecule has 0 aliphatic carbocycles. The molecule has 2 rings (SSSR count). The quantitative estimate of drug-likeness (QED) is 0.849. The lowest BCUT2D eigenvalue weighted by Gasteiger charge is -2.21. The highest BCUT2D eigenvalue weighted by Gasteiger charge is 2.23. The molecule has 3 nitrogen and oxygen atoms in total. The molecule has 0 N–H and O–H groups in total. The van der Waals surface area contributed by atoms with Crippen molar-refractivity contribution < 1.29 is 4.79 Å². The zero-order valence-electron chi connectivity index (χ0n) is 11.7.